The van der Waals surface area contributed by atoms with E-state index < -0.39 is 0 Å². The Morgan fingerprint density at radius 2 is 1.55 bits per heavy atom. The molecule has 1 saturated heterocycles. The summed E-state index contributed by atoms with van der Waals surface area (Å²) in [5.41, 5.74) is 3.19. The highest BCUT2D eigenvalue weighted by Crippen LogP contribution is 2.20. The van der Waals surface area contributed by atoms with Crippen LogP contribution in [0, 0.1) is 0 Å². The molecule has 0 radical (unpaired) electrons. The highest BCUT2D eigenvalue weighted by Gasteiger charge is 2.26. The highest BCUT2D eigenvalue weighted by molar-refractivity contribution is 5.95. The average Bonchev–Trinajstić information content (AvgIpc) is 2.75. The molecule has 1 aliphatic heterocycles. The quantitative estimate of drug-likeness (QED) is 0.687. The summed E-state index contributed by atoms with van der Waals surface area (Å²) in [7, 11) is 0. The number of benzene rings is 2. The lowest BCUT2D eigenvalue weighted by Crippen LogP contribution is -2.54. The summed E-state index contributed by atoms with van der Waals surface area (Å²) >= 11 is 0. The van der Waals surface area contributed by atoms with Gasteiger partial charge in [-0.05, 0) is 44.4 Å². The van der Waals surface area contributed by atoms with E-state index in [1.807, 2.05) is 57.2 Å². The first kappa shape index (κ1) is 23.0. The number of carbonyl (C=O) groups is 2. The molecule has 2 aromatic rings. The van der Waals surface area contributed by atoms with Gasteiger partial charge in [0.15, 0.2) is 0 Å². The maximum Gasteiger partial charge on any atom is 0.241 e. The van der Waals surface area contributed by atoms with Crippen molar-refractivity contribution >= 4 is 17.5 Å². The van der Waals surface area contributed by atoms with Crippen molar-refractivity contribution in [2.45, 2.75) is 39.3 Å². The van der Waals surface area contributed by atoms with Crippen LogP contribution >= 0.6 is 0 Å². The Morgan fingerprint density at radius 1 is 0.903 bits per heavy atom. The van der Waals surface area contributed by atoms with E-state index in [0.29, 0.717) is 6.54 Å². The van der Waals surface area contributed by atoms with Gasteiger partial charge in [-0.3, -0.25) is 19.4 Å². The molecular formula is C25H34N4O2. The Bertz CT molecular complexity index is 861. The first-order valence-electron chi connectivity index (χ1n) is 11.1. The third kappa shape index (κ3) is 6.91. The van der Waals surface area contributed by atoms with Crippen LogP contribution in [0.3, 0.4) is 0 Å². The predicted molar refractivity (Wildman–Crippen MR) is 125 cm³/mol. The van der Waals surface area contributed by atoms with Crippen LogP contribution in [0.4, 0.5) is 5.69 Å². The maximum atomic E-state index is 13.0. The fraction of sp³-hybridized carbons (Fsp3) is 0.440. The number of para-hydroxylation sites is 1. The van der Waals surface area contributed by atoms with Crippen molar-refractivity contribution in [2.75, 3.05) is 38.0 Å². The smallest absolute Gasteiger partial charge is 0.241 e. The van der Waals surface area contributed by atoms with E-state index in [-0.39, 0.29) is 23.9 Å². The second-order valence-corrected chi connectivity index (χ2v) is 8.52. The molecular weight excluding hydrogens is 388 g/mol. The molecule has 1 aliphatic rings. The minimum absolute atomic E-state index is 0.00603. The third-order valence-electron chi connectivity index (χ3n) is 5.66. The molecule has 3 rings (SSSR count). The Hall–Kier alpha value is -2.70. The number of hydrogen-bond acceptors (Lipinski definition) is 4. The second-order valence-electron chi connectivity index (χ2n) is 8.52. The van der Waals surface area contributed by atoms with Gasteiger partial charge < -0.3 is 10.6 Å². The average molecular weight is 423 g/mol. The van der Waals surface area contributed by atoms with Gasteiger partial charge in [-0.25, -0.2) is 0 Å². The SMILES string of the molecule is CC(C)NC(=O)CN1CCN(C(C)C(=O)Nc2ccccc2Cc2ccccc2)CC1. The molecule has 0 bridgehead atoms. The first-order chi connectivity index (χ1) is 14.9. The number of piperazine rings is 1. The van der Waals surface area contributed by atoms with Gasteiger partial charge in [0, 0.05) is 37.9 Å². The Balaban J connectivity index is 1.53. The molecule has 6 nitrogen and oxygen atoms in total. The summed E-state index contributed by atoms with van der Waals surface area (Å²) in [5.74, 6) is 0.0655. The molecule has 0 spiro atoms. The van der Waals surface area contributed by atoms with Crippen molar-refractivity contribution in [3.63, 3.8) is 0 Å². The standard InChI is InChI=1S/C25H34N4O2/c1-19(2)26-24(30)18-28-13-15-29(16-14-28)20(3)25(31)27-23-12-8-7-11-22(23)17-21-9-5-4-6-10-21/h4-12,19-20H,13-18H2,1-3H3,(H,26,30)(H,27,31). The molecule has 1 atom stereocenters. The third-order valence-corrected chi connectivity index (χ3v) is 5.66. The normalized spacial score (nSPS) is 16.1. The van der Waals surface area contributed by atoms with Crippen LogP contribution in [0.15, 0.2) is 54.6 Å². The molecule has 31 heavy (non-hydrogen) atoms. The topological polar surface area (TPSA) is 64.7 Å². The molecule has 1 fully saturated rings. The van der Waals surface area contributed by atoms with Gasteiger partial charge in [0.25, 0.3) is 0 Å². The summed E-state index contributed by atoms with van der Waals surface area (Å²) in [6.07, 6.45) is 0.781. The van der Waals surface area contributed by atoms with E-state index in [1.54, 1.807) is 0 Å². The van der Waals surface area contributed by atoms with Crippen LogP contribution in [0.2, 0.25) is 0 Å². The number of carbonyl (C=O) groups excluding carboxylic acids is 2. The van der Waals surface area contributed by atoms with Crippen molar-refractivity contribution in [3.05, 3.63) is 65.7 Å². The van der Waals surface area contributed by atoms with Crippen molar-refractivity contribution in [3.8, 4) is 0 Å². The molecule has 2 aromatic carbocycles. The second kappa shape index (κ2) is 11.1. The minimum atomic E-state index is -0.226. The zero-order chi connectivity index (χ0) is 22.2. The van der Waals surface area contributed by atoms with E-state index in [2.05, 4.69) is 38.6 Å². The predicted octanol–water partition coefficient (Wildman–Crippen LogP) is 2.75. The van der Waals surface area contributed by atoms with E-state index in [9.17, 15) is 9.59 Å². The Morgan fingerprint density at radius 3 is 2.23 bits per heavy atom. The van der Waals surface area contributed by atoms with E-state index in [4.69, 9.17) is 0 Å². The number of hydrogen-bond donors (Lipinski definition) is 2. The fourth-order valence-corrected chi connectivity index (χ4v) is 3.89. The van der Waals surface area contributed by atoms with E-state index >= 15 is 0 Å². The Labute approximate surface area is 185 Å². The van der Waals surface area contributed by atoms with Gasteiger partial charge in [0.1, 0.15) is 0 Å². The molecule has 1 heterocycles. The van der Waals surface area contributed by atoms with Crippen molar-refractivity contribution in [2.24, 2.45) is 0 Å². The first-order valence-corrected chi connectivity index (χ1v) is 11.1. The minimum Gasteiger partial charge on any atom is -0.353 e. The Kier molecular flexibility index (Phi) is 8.20. The number of rotatable bonds is 8. The largest absolute Gasteiger partial charge is 0.353 e. The number of nitrogens with one attached hydrogen (secondary N) is 2. The lowest BCUT2D eigenvalue weighted by molar-refractivity contribution is -0.125. The molecule has 0 aliphatic carbocycles. The van der Waals surface area contributed by atoms with Gasteiger partial charge in [-0.1, -0.05) is 48.5 Å². The van der Waals surface area contributed by atoms with Crippen LogP contribution in [0.1, 0.15) is 31.9 Å². The number of anilines is 1. The van der Waals surface area contributed by atoms with Gasteiger partial charge in [0.2, 0.25) is 11.8 Å². The van der Waals surface area contributed by atoms with Gasteiger partial charge >= 0.3 is 0 Å². The van der Waals surface area contributed by atoms with Crippen LogP contribution in [0.25, 0.3) is 0 Å². The lowest BCUT2D eigenvalue weighted by atomic mass is 10.0. The van der Waals surface area contributed by atoms with Crippen LogP contribution in [-0.4, -0.2) is 66.4 Å². The van der Waals surface area contributed by atoms with E-state index in [1.165, 1.54) is 5.56 Å². The van der Waals surface area contributed by atoms with Crippen molar-refractivity contribution < 1.29 is 9.59 Å². The van der Waals surface area contributed by atoms with Crippen LogP contribution < -0.4 is 10.6 Å². The summed E-state index contributed by atoms with van der Waals surface area (Å²) in [6, 6.07) is 18.2. The van der Waals surface area contributed by atoms with Gasteiger partial charge in [-0.2, -0.15) is 0 Å². The number of nitrogens with zero attached hydrogens (tertiary/aromatic N) is 2. The monoisotopic (exact) mass is 422 g/mol. The van der Waals surface area contributed by atoms with Gasteiger partial charge in [0.05, 0.1) is 12.6 Å². The number of amides is 2. The van der Waals surface area contributed by atoms with Crippen LogP contribution in [0.5, 0.6) is 0 Å². The fourth-order valence-electron chi connectivity index (χ4n) is 3.89. The van der Waals surface area contributed by atoms with Crippen molar-refractivity contribution in [1.82, 2.24) is 15.1 Å². The molecule has 2 N–H and O–H groups in total. The van der Waals surface area contributed by atoms with Crippen LogP contribution in [-0.2, 0) is 16.0 Å². The summed E-state index contributed by atoms with van der Waals surface area (Å²) < 4.78 is 0. The maximum absolute atomic E-state index is 13.0. The lowest BCUT2D eigenvalue weighted by Gasteiger charge is -2.37. The molecule has 6 heteroatoms. The molecule has 0 aromatic heterocycles. The highest BCUT2D eigenvalue weighted by atomic mass is 16.2. The molecule has 166 valence electrons. The zero-order valence-electron chi connectivity index (χ0n) is 18.8. The summed E-state index contributed by atoms with van der Waals surface area (Å²) in [4.78, 5) is 29.3. The molecule has 0 saturated carbocycles. The summed E-state index contributed by atoms with van der Waals surface area (Å²) in [5, 5.41) is 6.07. The zero-order valence-corrected chi connectivity index (χ0v) is 18.8. The summed E-state index contributed by atoms with van der Waals surface area (Å²) in [6.45, 7) is 9.42. The molecule has 1 unspecified atom stereocenters. The molecule has 2 amide bonds. The van der Waals surface area contributed by atoms with Gasteiger partial charge in [-0.15, -0.1) is 0 Å². The van der Waals surface area contributed by atoms with Crippen molar-refractivity contribution in [1.29, 1.82) is 0 Å². The van der Waals surface area contributed by atoms with E-state index in [0.717, 1.165) is 43.9 Å².